The van der Waals surface area contributed by atoms with Crippen molar-refractivity contribution in [1.29, 1.82) is 5.26 Å². The molecule has 0 spiro atoms. The zero-order chi connectivity index (χ0) is 68.4. The van der Waals surface area contributed by atoms with Crippen molar-refractivity contribution < 1.29 is 39.5 Å². The van der Waals surface area contributed by atoms with Gasteiger partial charge in [-0.2, -0.15) is 44.8 Å². The number of para-hydroxylation sites is 8. The summed E-state index contributed by atoms with van der Waals surface area (Å²) in [6.45, 7) is 23.1. The van der Waals surface area contributed by atoms with Crippen LogP contribution in [0.1, 0.15) is 44.5 Å². The standard InChI is InChI=1S/C41H25F6N3.C41H25F3N4/c1-23-10-8-14-31-29-12-4-6-16-33(29)49(38(23)31)35-21-27(41(45,46)47)22-36(37(35)25-18-26(40(42,43)44)20-28(19-25)48-3)50-34-17-7-5-13-30(34)32-15-9-11-24(2)39(32)50;1-24-10-8-14-32-30-12-4-6-16-34(30)47(39(24)32)36-18-26(23-45)19-37(38(36)27-20-28(41(42,43)44)22-29(21-27)46-3)48-35-17-7-5-13-31(35)33-15-9-11-25(2)40(33)48/h4-22H,1-2H3;4-22H,1-2H3. The summed E-state index contributed by atoms with van der Waals surface area (Å²) in [7, 11) is 0. The van der Waals surface area contributed by atoms with Gasteiger partial charge in [0.05, 0.1) is 97.2 Å². The summed E-state index contributed by atoms with van der Waals surface area (Å²) in [6, 6.07) is 68.0. The Morgan fingerprint density at radius 1 is 0.316 bits per heavy atom. The second-order valence-electron chi connectivity index (χ2n) is 24.4. The molecule has 98 heavy (non-hydrogen) atoms. The minimum atomic E-state index is -4.82. The van der Waals surface area contributed by atoms with E-state index in [1.165, 1.54) is 12.1 Å². The van der Waals surface area contributed by atoms with Gasteiger partial charge in [0.15, 0.2) is 11.4 Å². The first kappa shape index (κ1) is 61.8. The number of aryl methyl sites for hydroxylation is 4. The molecule has 0 saturated carbocycles. The molecule has 0 N–H and O–H groups in total. The van der Waals surface area contributed by atoms with Crippen molar-refractivity contribution in [1.82, 2.24) is 18.3 Å². The quantitative estimate of drug-likeness (QED) is 0.121. The Hall–Kier alpha value is -12.3. The van der Waals surface area contributed by atoms with Crippen molar-refractivity contribution in [2.45, 2.75) is 46.2 Å². The van der Waals surface area contributed by atoms with Crippen LogP contribution in [-0.4, -0.2) is 18.3 Å². The van der Waals surface area contributed by atoms with Crippen molar-refractivity contribution in [3.05, 3.63) is 298 Å². The number of alkyl halides is 9. The normalized spacial score (nSPS) is 12.1. The number of hydrogen-bond donors (Lipinski definition) is 0. The van der Waals surface area contributed by atoms with Gasteiger partial charge in [-0.3, -0.25) is 0 Å². The Morgan fingerprint density at radius 3 is 0.837 bits per heavy atom. The zero-order valence-corrected chi connectivity index (χ0v) is 52.5. The van der Waals surface area contributed by atoms with Crippen LogP contribution in [0.25, 0.3) is 142 Å². The van der Waals surface area contributed by atoms with E-state index >= 15 is 13.2 Å². The maximum absolute atomic E-state index is 15.1. The van der Waals surface area contributed by atoms with Gasteiger partial charge in [0.2, 0.25) is 0 Å². The molecule has 0 aliphatic heterocycles. The predicted molar refractivity (Wildman–Crippen MR) is 372 cm³/mol. The molecule has 0 aliphatic carbocycles. The van der Waals surface area contributed by atoms with E-state index < -0.39 is 35.2 Å². The summed E-state index contributed by atoms with van der Waals surface area (Å²) in [5, 5.41) is 17.5. The molecule has 0 bridgehead atoms. The highest BCUT2D eigenvalue weighted by Gasteiger charge is 2.37. The number of halogens is 9. The molecule has 4 aromatic heterocycles. The first-order valence-electron chi connectivity index (χ1n) is 31.1. The Labute approximate surface area is 554 Å². The predicted octanol–water partition coefficient (Wildman–Crippen LogP) is 24.4. The van der Waals surface area contributed by atoms with E-state index in [1.807, 2.05) is 173 Å². The molecule has 12 aromatic carbocycles. The van der Waals surface area contributed by atoms with Gasteiger partial charge in [-0.05, 0) is 146 Å². The lowest BCUT2D eigenvalue weighted by atomic mass is 9.95. The summed E-state index contributed by atoms with van der Waals surface area (Å²) >= 11 is 0. The van der Waals surface area contributed by atoms with Crippen molar-refractivity contribution in [2.75, 3.05) is 0 Å². The van der Waals surface area contributed by atoms with Gasteiger partial charge in [0.25, 0.3) is 0 Å². The SMILES string of the molecule is [C-]#[N+]c1cc(-c2c(-n3c4ccccc4c4cccc(C)c43)cc(C#N)cc2-n2c3ccccc3c3cccc(C)c32)cc(C(F)(F)F)c1.[C-]#[N+]c1cc(-c2c(-n3c4ccccc4c4cccc(C)c43)cc(C(F)(F)F)cc2-n2c3ccccc3c3cccc(C)c32)cc(C(F)(F)F)c1. The molecule has 0 saturated heterocycles. The van der Waals surface area contributed by atoms with Gasteiger partial charge >= 0.3 is 18.5 Å². The fourth-order valence-electron chi connectivity index (χ4n) is 14.5. The second kappa shape index (κ2) is 23.0. The summed E-state index contributed by atoms with van der Waals surface area (Å²) < 4.78 is 140. The first-order chi connectivity index (χ1) is 47.1. The van der Waals surface area contributed by atoms with Crippen molar-refractivity contribution in [2.24, 2.45) is 0 Å². The zero-order valence-electron chi connectivity index (χ0n) is 52.5. The third-order valence-corrected chi connectivity index (χ3v) is 18.5. The highest BCUT2D eigenvalue weighted by atomic mass is 19.4. The van der Waals surface area contributed by atoms with Crippen LogP contribution < -0.4 is 0 Å². The minimum absolute atomic E-state index is 0.0325. The van der Waals surface area contributed by atoms with E-state index in [2.05, 4.69) is 24.9 Å². The van der Waals surface area contributed by atoms with Gasteiger partial charge in [-0.25, -0.2) is 9.69 Å². The third-order valence-electron chi connectivity index (χ3n) is 18.5. The number of benzene rings is 12. The van der Waals surface area contributed by atoms with Crippen LogP contribution >= 0.6 is 0 Å². The molecule has 0 unspecified atom stereocenters. The van der Waals surface area contributed by atoms with Gasteiger partial charge in [0, 0.05) is 65.3 Å². The molecule has 0 radical (unpaired) electrons. The van der Waals surface area contributed by atoms with Crippen LogP contribution in [0.15, 0.2) is 231 Å². The lowest BCUT2D eigenvalue weighted by Crippen LogP contribution is -2.12. The summed E-state index contributed by atoms with van der Waals surface area (Å²) in [5.74, 6) is 0. The molecule has 0 fully saturated rings. The molecule has 16 aromatic rings. The monoisotopic (exact) mass is 1300 g/mol. The number of nitriles is 1. The largest absolute Gasteiger partial charge is 0.416 e. The molecule has 4 heterocycles. The van der Waals surface area contributed by atoms with E-state index in [-0.39, 0.29) is 39.4 Å². The molecule has 16 rings (SSSR count). The van der Waals surface area contributed by atoms with Gasteiger partial charge in [-0.15, -0.1) is 0 Å². The van der Waals surface area contributed by atoms with Crippen LogP contribution in [0.4, 0.5) is 50.9 Å². The van der Waals surface area contributed by atoms with Gasteiger partial charge < -0.3 is 18.3 Å². The smallest absolute Gasteiger partial charge is 0.308 e. The van der Waals surface area contributed by atoms with E-state index in [4.69, 9.17) is 13.1 Å². The number of fused-ring (bicyclic) bond motifs is 12. The summed E-state index contributed by atoms with van der Waals surface area (Å²) in [4.78, 5) is 6.82. The third kappa shape index (κ3) is 9.96. The maximum atomic E-state index is 15.1. The number of hydrogen-bond acceptors (Lipinski definition) is 1. The highest BCUT2D eigenvalue weighted by molar-refractivity contribution is 6.15. The maximum Gasteiger partial charge on any atom is 0.416 e. The number of rotatable bonds is 6. The summed E-state index contributed by atoms with van der Waals surface area (Å²) in [6.07, 6.45) is -14.3. The van der Waals surface area contributed by atoms with Crippen molar-refractivity contribution in [3.8, 4) is 51.1 Å². The van der Waals surface area contributed by atoms with E-state index in [1.54, 1.807) is 45.5 Å². The van der Waals surface area contributed by atoms with E-state index in [0.717, 1.165) is 124 Å². The Balaban J connectivity index is 0.000000160. The molecular formula is C82H50F9N7. The fourth-order valence-corrected chi connectivity index (χ4v) is 14.5. The molecule has 476 valence electrons. The van der Waals surface area contributed by atoms with Crippen molar-refractivity contribution >= 4 is 98.6 Å². The van der Waals surface area contributed by atoms with Crippen LogP contribution in [0.5, 0.6) is 0 Å². The van der Waals surface area contributed by atoms with Crippen LogP contribution in [0, 0.1) is 52.2 Å². The molecule has 0 aliphatic rings. The Morgan fingerprint density at radius 2 is 0.571 bits per heavy atom. The van der Waals surface area contributed by atoms with E-state index in [9.17, 15) is 31.6 Å². The second-order valence-corrected chi connectivity index (χ2v) is 24.4. The van der Waals surface area contributed by atoms with Gasteiger partial charge in [0.1, 0.15) is 0 Å². The lowest BCUT2D eigenvalue weighted by molar-refractivity contribution is -0.138. The first-order valence-corrected chi connectivity index (χ1v) is 31.1. The average Bonchev–Trinajstić information content (AvgIpc) is 1.51. The van der Waals surface area contributed by atoms with Crippen LogP contribution in [0.2, 0.25) is 0 Å². The minimum Gasteiger partial charge on any atom is -0.308 e. The fraction of sp³-hybridized carbons (Fsp3) is 0.0854. The molecular weight excluding hydrogens is 1250 g/mol. The average molecular weight is 1300 g/mol. The molecule has 0 amide bonds. The van der Waals surface area contributed by atoms with Crippen LogP contribution in [0.3, 0.4) is 0 Å². The number of aromatic nitrogens is 4. The van der Waals surface area contributed by atoms with E-state index in [0.29, 0.717) is 44.6 Å². The molecule has 16 heteroatoms. The molecule has 7 nitrogen and oxygen atoms in total. The van der Waals surface area contributed by atoms with Gasteiger partial charge in [-0.1, -0.05) is 146 Å². The topological polar surface area (TPSA) is 52.2 Å². The summed E-state index contributed by atoms with van der Waals surface area (Å²) in [5.41, 5.74) is 8.24. The van der Waals surface area contributed by atoms with Crippen LogP contribution in [-0.2, 0) is 18.5 Å². The lowest BCUT2D eigenvalue weighted by Gasteiger charge is -2.24. The number of nitrogens with zero attached hydrogens (tertiary/aromatic N) is 7. The van der Waals surface area contributed by atoms with Crippen molar-refractivity contribution in [3.63, 3.8) is 0 Å². The Bertz CT molecular complexity index is 5900. The Kier molecular flexibility index (Phi) is 14.5. The highest BCUT2D eigenvalue weighted by Crippen LogP contribution is 2.50. The molecule has 0 atom stereocenters.